The Bertz CT molecular complexity index is 895. The summed E-state index contributed by atoms with van der Waals surface area (Å²) in [7, 11) is 2.40. The number of methoxy groups -OCH3 is 2. The van der Waals surface area contributed by atoms with Crippen molar-refractivity contribution in [1.29, 1.82) is 5.26 Å². The third kappa shape index (κ3) is 5.02. The van der Waals surface area contributed by atoms with Crippen LogP contribution < -0.4 is 10.1 Å². The third-order valence-electron chi connectivity index (χ3n) is 4.16. The molecule has 0 saturated heterocycles. The van der Waals surface area contributed by atoms with Crippen LogP contribution in [-0.2, 0) is 23.9 Å². The van der Waals surface area contributed by atoms with Crippen LogP contribution in [0.25, 0.3) is 0 Å². The number of esters is 2. The fourth-order valence-electron chi connectivity index (χ4n) is 2.85. The number of halogens is 1. The van der Waals surface area contributed by atoms with E-state index < -0.39 is 29.7 Å². The normalized spacial score (nSPS) is 18.5. The van der Waals surface area contributed by atoms with Crippen LogP contribution in [0.4, 0.5) is 0 Å². The van der Waals surface area contributed by atoms with Gasteiger partial charge in [0, 0.05) is 5.92 Å². The van der Waals surface area contributed by atoms with Gasteiger partial charge in [-0.05, 0) is 24.6 Å². The van der Waals surface area contributed by atoms with Gasteiger partial charge in [0.1, 0.15) is 11.7 Å². The number of hydrogen-bond acceptors (Lipinski definition) is 8. The Labute approximate surface area is 177 Å². The van der Waals surface area contributed by atoms with Gasteiger partial charge in [-0.25, -0.2) is 0 Å². The molecule has 29 heavy (non-hydrogen) atoms. The van der Waals surface area contributed by atoms with Gasteiger partial charge in [0.2, 0.25) is 5.91 Å². The van der Waals surface area contributed by atoms with E-state index in [1.165, 1.54) is 7.11 Å². The zero-order valence-electron chi connectivity index (χ0n) is 16.0. The number of benzene rings is 1. The van der Waals surface area contributed by atoms with Crippen molar-refractivity contribution in [3.63, 3.8) is 0 Å². The highest BCUT2D eigenvalue weighted by molar-refractivity contribution is 8.03. The maximum Gasteiger partial charge on any atom is 0.319 e. The second kappa shape index (κ2) is 10.2. The predicted octanol–water partition coefficient (Wildman–Crippen LogP) is 2.38. The minimum absolute atomic E-state index is 0.114. The molecule has 0 saturated carbocycles. The largest absolute Gasteiger partial charge is 0.492 e. The molecule has 0 bridgehead atoms. The van der Waals surface area contributed by atoms with Crippen molar-refractivity contribution in [2.75, 3.05) is 26.6 Å². The Morgan fingerprint density at radius 3 is 2.59 bits per heavy atom. The van der Waals surface area contributed by atoms with Crippen LogP contribution in [0.5, 0.6) is 5.75 Å². The van der Waals surface area contributed by atoms with Crippen LogP contribution in [0.3, 0.4) is 0 Å². The average Bonchev–Trinajstić information content (AvgIpc) is 2.72. The molecule has 0 aromatic heterocycles. The third-order valence-corrected chi connectivity index (χ3v) is 5.45. The zero-order chi connectivity index (χ0) is 21.6. The second-order valence-corrected chi connectivity index (χ2v) is 7.20. The molecule has 1 N–H and O–H groups in total. The summed E-state index contributed by atoms with van der Waals surface area (Å²) < 4.78 is 14.8. The summed E-state index contributed by atoms with van der Waals surface area (Å²) in [6, 6.07) is 6.83. The molecule has 0 spiro atoms. The number of carbonyl (C=O) groups is 3. The smallest absolute Gasteiger partial charge is 0.319 e. The zero-order valence-corrected chi connectivity index (χ0v) is 17.6. The van der Waals surface area contributed by atoms with Crippen LogP contribution in [-0.4, -0.2) is 44.4 Å². The van der Waals surface area contributed by atoms with Gasteiger partial charge in [-0.15, -0.1) is 0 Å². The van der Waals surface area contributed by atoms with Crippen LogP contribution in [0.15, 0.2) is 28.8 Å². The fourth-order valence-corrected chi connectivity index (χ4v) is 3.98. The van der Waals surface area contributed by atoms with Gasteiger partial charge in [-0.2, -0.15) is 5.26 Å². The molecule has 10 heteroatoms. The number of amides is 1. The van der Waals surface area contributed by atoms with E-state index in [2.05, 4.69) is 10.1 Å². The lowest BCUT2D eigenvalue weighted by Crippen LogP contribution is -2.44. The Kier molecular flexibility index (Phi) is 7.93. The van der Waals surface area contributed by atoms with Crippen molar-refractivity contribution in [3.05, 3.63) is 39.4 Å². The molecule has 0 aliphatic carbocycles. The number of allylic oxidation sites excluding steroid dienone is 1. The maximum absolute atomic E-state index is 12.7. The maximum atomic E-state index is 12.7. The topological polar surface area (TPSA) is 115 Å². The van der Waals surface area contributed by atoms with E-state index in [1.54, 1.807) is 18.2 Å². The first kappa shape index (κ1) is 22.6. The number of nitrogens with one attached hydrogen (secondary N) is 1. The van der Waals surface area contributed by atoms with Gasteiger partial charge < -0.3 is 19.5 Å². The van der Waals surface area contributed by atoms with Crippen LogP contribution >= 0.6 is 23.4 Å². The van der Waals surface area contributed by atoms with Gasteiger partial charge in [0.25, 0.3) is 0 Å². The highest BCUT2D eigenvalue weighted by atomic mass is 35.5. The molecule has 2 atom stereocenters. The minimum Gasteiger partial charge on any atom is -0.492 e. The number of nitriles is 1. The summed E-state index contributed by atoms with van der Waals surface area (Å²) in [6.07, 6.45) is 0. The lowest BCUT2D eigenvalue weighted by Gasteiger charge is -2.31. The van der Waals surface area contributed by atoms with Gasteiger partial charge >= 0.3 is 11.9 Å². The number of carbonyl (C=O) groups excluding carboxylic acids is 3. The molecule has 2 rings (SSSR count). The fraction of sp³-hybridized carbons (Fsp3) is 0.368. The summed E-state index contributed by atoms with van der Waals surface area (Å²) in [5.74, 6) is -3.85. The minimum atomic E-state index is -1.29. The van der Waals surface area contributed by atoms with Crippen LogP contribution in [0.2, 0.25) is 5.02 Å². The quantitative estimate of drug-likeness (QED) is 0.509. The molecule has 8 nitrogen and oxygen atoms in total. The summed E-state index contributed by atoms with van der Waals surface area (Å²) in [4.78, 5) is 36.5. The summed E-state index contributed by atoms with van der Waals surface area (Å²) >= 11 is 7.21. The Morgan fingerprint density at radius 2 is 2.03 bits per heavy atom. The van der Waals surface area contributed by atoms with Gasteiger partial charge in [0.15, 0.2) is 0 Å². The van der Waals surface area contributed by atoms with Crippen molar-refractivity contribution in [1.82, 2.24) is 5.32 Å². The van der Waals surface area contributed by atoms with E-state index in [9.17, 15) is 19.6 Å². The monoisotopic (exact) mass is 438 g/mol. The predicted molar refractivity (Wildman–Crippen MR) is 106 cm³/mol. The summed E-state index contributed by atoms with van der Waals surface area (Å²) in [5, 5.41) is 12.8. The number of ether oxygens (including phenoxy) is 3. The van der Waals surface area contributed by atoms with E-state index in [4.69, 9.17) is 21.1 Å². The van der Waals surface area contributed by atoms with Crippen molar-refractivity contribution in [3.8, 4) is 11.8 Å². The molecule has 154 valence electrons. The van der Waals surface area contributed by atoms with Crippen LogP contribution in [0, 0.1) is 17.2 Å². The van der Waals surface area contributed by atoms with E-state index in [-0.39, 0.29) is 21.4 Å². The van der Waals surface area contributed by atoms with Crippen molar-refractivity contribution >= 4 is 41.2 Å². The molecular weight excluding hydrogens is 420 g/mol. The molecule has 1 aliphatic rings. The number of hydrogen-bond donors (Lipinski definition) is 1. The van der Waals surface area contributed by atoms with E-state index >= 15 is 0 Å². The van der Waals surface area contributed by atoms with Crippen molar-refractivity contribution in [2.24, 2.45) is 5.92 Å². The number of nitrogens with zero attached hydrogens (tertiary/aromatic N) is 1. The standard InChI is InChI=1S/C19H19ClN2O6S/c1-4-28-13-6-5-10(7-12(13)20)15-11(8-21)18(29-9-14(23)26-2)22-17(24)16(15)19(25)27-3/h5-7,15-16H,4,9H2,1-3H3,(H,22,24)/t15-,16+/m0/s1. The molecular formula is C19H19ClN2O6S. The van der Waals surface area contributed by atoms with Gasteiger partial charge in [-0.3, -0.25) is 14.4 Å². The average molecular weight is 439 g/mol. The Balaban J connectivity index is 2.57. The van der Waals surface area contributed by atoms with Gasteiger partial charge in [0.05, 0.1) is 48.3 Å². The molecule has 1 aliphatic heterocycles. The number of rotatable bonds is 7. The molecule has 1 heterocycles. The molecule has 1 aromatic carbocycles. The summed E-state index contributed by atoms with van der Waals surface area (Å²) in [6.45, 7) is 2.22. The molecule has 0 radical (unpaired) electrons. The van der Waals surface area contributed by atoms with E-state index in [0.717, 1.165) is 18.9 Å². The van der Waals surface area contributed by atoms with Crippen molar-refractivity contribution < 1.29 is 28.6 Å². The first-order chi connectivity index (χ1) is 13.9. The Morgan fingerprint density at radius 1 is 1.31 bits per heavy atom. The van der Waals surface area contributed by atoms with Gasteiger partial charge in [-0.1, -0.05) is 29.4 Å². The first-order valence-corrected chi connectivity index (χ1v) is 9.89. The molecule has 1 amide bonds. The van der Waals surface area contributed by atoms with Crippen LogP contribution in [0.1, 0.15) is 18.4 Å². The highest BCUT2D eigenvalue weighted by Gasteiger charge is 2.44. The molecule has 0 unspecified atom stereocenters. The lowest BCUT2D eigenvalue weighted by atomic mass is 9.78. The second-order valence-electron chi connectivity index (χ2n) is 5.81. The SMILES string of the molecule is CCOc1ccc([C@H]2C(C#N)=C(SCC(=O)OC)NC(=O)[C@@H]2C(=O)OC)cc1Cl. The van der Waals surface area contributed by atoms with Crippen molar-refractivity contribution in [2.45, 2.75) is 12.8 Å². The highest BCUT2D eigenvalue weighted by Crippen LogP contribution is 2.42. The van der Waals surface area contributed by atoms with E-state index in [0.29, 0.717) is 17.9 Å². The number of thioether (sulfide) groups is 1. The first-order valence-electron chi connectivity index (χ1n) is 8.52. The molecule has 1 aromatic rings. The molecule has 0 fully saturated rings. The summed E-state index contributed by atoms with van der Waals surface area (Å²) in [5.41, 5.74) is 0.588. The lowest BCUT2D eigenvalue weighted by molar-refractivity contribution is -0.150. The van der Waals surface area contributed by atoms with E-state index in [1.807, 2.05) is 13.0 Å². The Hall–Kier alpha value is -2.70.